The number of pyridine rings is 1. The van der Waals surface area contributed by atoms with Crippen LogP contribution in [0.2, 0.25) is 0 Å². The van der Waals surface area contributed by atoms with Crippen LogP contribution in [0.25, 0.3) is 10.9 Å². The SMILES string of the molecule is Cn1nccc1NC(=O)Nc1cccc2cccnc12. The second-order valence-corrected chi connectivity index (χ2v) is 4.30. The molecule has 0 atom stereocenters. The highest BCUT2D eigenvalue weighted by atomic mass is 16.2. The van der Waals surface area contributed by atoms with Crippen molar-refractivity contribution in [3.05, 3.63) is 48.8 Å². The van der Waals surface area contributed by atoms with E-state index >= 15 is 0 Å². The summed E-state index contributed by atoms with van der Waals surface area (Å²) in [7, 11) is 1.76. The number of hydrogen-bond donors (Lipinski definition) is 2. The van der Waals surface area contributed by atoms with Crippen LogP contribution in [0.3, 0.4) is 0 Å². The highest BCUT2D eigenvalue weighted by molar-refractivity contribution is 6.04. The monoisotopic (exact) mass is 267 g/mol. The summed E-state index contributed by atoms with van der Waals surface area (Å²) in [6.45, 7) is 0. The van der Waals surface area contributed by atoms with E-state index in [-0.39, 0.29) is 6.03 Å². The van der Waals surface area contributed by atoms with Crippen LogP contribution >= 0.6 is 0 Å². The Morgan fingerprint density at radius 2 is 1.95 bits per heavy atom. The topological polar surface area (TPSA) is 71.8 Å². The standard InChI is InChI=1S/C14H13N5O/c1-19-12(7-9-16-19)18-14(20)17-11-6-2-4-10-5-3-8-15-13(10)11/h2-9H,1H3,(H2,17,18,20). The van der Waals surface area contributed by atoms with Gasteiger partial charge < -0.3 is 5.32 Å². The first kappa shape index (κ1) is 12.2. The van der Waals surface area contributed by atoms with Crippen molar-refractivity contribution in [1.82, 2.24) is 14.8 Å². The number of fused-ring (bicyclic) bond motifs is 1. The van der Waals surface area contributed by atoms with Crippen LogP contribution in [0.4, 0.5) is 16.3 Å². The highest BCUT2D eigenvalue weighted by Gasteiger charge is 2.08. The van der Waals surface area contributed by atoms with E-state index in [9.17, 15) is 4.79 Å². The Balaban J connectivity index is 1.83. The Morgan fingerprint density at radius 3 is 2.75 bits per heavy atom. The zero-order valence-corrected chi connectivity index (χ0v) is 10.9. The average Bonchev–Trinajstić information content (AvgIpc) is 2.85. The number of anilines is 2. The second-order valence-electron chi connectivity index (χ2n) is 4.30. The third-order valence-corrected chi connectivity index (χ3v) is 2.94. The Kier molecular flexibility index (Phi) is 3.04. The molecule has 0 spiro atoms. The lowest BCUT2D eigenvalue weighted by Gasteiger charge is -2.09. The predicted molar refractivity (Wildman–Crippen MR) is 77.6 cm³/mol. The zero-order chi connectivity index (χ0) is 13.9. The third-order valence-electron chi connectivity index (χ3n) is 2.94. The van der Waals surface area contributed by atoms with Gasteiger partial charge in [-0.1, -0.05) is 18.2 Å². The molecule has 2 aromatic heterocycles. The molecular weight excluding hydrogens is 254 g/mol. The van der Waals surface area contributed by atoms with Gasteiger partial charge in [0, 0.05) is 24.7 Å². The van der Waals surface area contributed by atoms with Crippen molar-refractivity contribution in [2.75, 3.05) is 10.6 Å². The van der Waals surface area contributed by atoms with Crippen LogP contribution < -0.4 is 10.6 Å². The molecule has 0 unspecified atom stereocenters. The summed E-state index contributed by atoms with van der Waals surface area (Å²) in [5, 5.41) is 10.5. The largest absolute Gasteiger partial charge is 0.324 e. The van der Waals surface area contributed by atoms with Crippen LogP contribution in [0.15, 0.2) is 48.8 Å². The molecule has 2 amide bonds. The van der Waals surface area contributed by atoms with Gasteiger partial charge >= 0.3 is 6.03 Å². The van der Waals surface area contributed by atoms with Gasteiger partial charge in [0.25, 0.3) is 0 Å². The summed E-state index contributed by atoms with van der Waals surface area (Å²) in [4.78, 5) is 16.3. The summed E-state index contributed by atoms with van der Waals surface area (Å²) in [6, 6.07) is 10.9. The quantitative estimate of drug-likeness (QED) is 0.749. The Hall–Kier alpha value is -2.89. The molecular formula is C14H13N5O. The first-order valence-corrected chi connectivity index (χ1v) is 6.14. The van der Waals surface area contributed by atoms with E-state index in [1.165, 1.54) is 0 Å². The molecule has 1 aromatic carbocycles. The zero-order valence-electron chi connectivity index (χ0n) is 10.9. The van der Waals surface area contributed by atoms with Crippen LogP contribution in [-0.4, -0.2) is 20.8 Å². The second kappa shape index (κ2) is 5.00. The number of urea groups is 1. The number of nitrogens with zero attached hydrogens (tertiary/aromatic N) is 3. The predicted octanol–water partition coefficient (Wildman–Crippen LogP) is 2.61. The van der Waals surface area contributed by atoms with Gasteiger partial charge in [-0.25, -0.2) is 4.79 Å². The number of para-hydroxylation sites is 1. The maximum absolute atomic E-state index is 12.0. The summed E-state index contributed by atoms with van der Waals surface area (Å²) in [5.41, 5.74) is 1.43. The van der Waals surface area contributed by atoms with Crippen LogP contribution in [0.1, 0.15) is 0 Å². The molecule has 100 valence electrons. The normalized spacial score (nSPS) is 10.4. The summed E-state index contributed by atoms with van der Waals surface area (Å²) in [6.07, 6.45) is 3.32. The smallest absolute Gasteiger partial charge is 0.306 e. The minimum absolute atomic E-state index is 0.327. The summed E-state index contributed by atoms with van der Waals surface area (Å²) >= 11 is 0. The number of carbonyl (C=O) groups excluding carboxylic acids is 1. The molecule has 0 aliphatic rings. The van der Waals surface area contributed by atoms with Crippen molar-refractivity contribution in [2.24, 2.45) is 7.05 Å². The van der Waals surface area contributed by atoms with Gasteiger partial charge in [0.2, 0.25) is 0 Å². The van der Waals surface area contributed by atoms with Gasteiger partial charge in [-0.05, 0) is 12.1 Å². The van der Waals surface area contributed by atoms with E-state index in [2.05, 4.69) is 20.7 Å². The highest BCUT2D eigenvalue weighted by Crippen LogP contribution is 2.20. The minimum atomic E-state index is -0.327. The van der Waals surface area contributed by atoms with E-state index in [1.54, 1.807) is 30.2 Å². The van der Waals surface area contributed by atoms with Crippen molar-refractivity contribution < 1.29 is 4.79 Å². The van der Waals surface area contributed by atoms with Crippen molar-refractivity contribution in [3.63, 3.8) is 0 Å². The van der Waals surface area contributed by atoms with Crippen molar-refractivity contribution in [3.8, 4) is 0 Å². The molecule has 6 nitrogen and oxygen atoms in total. The van der Waals surface area contributed by atoms with Gasteiger partial charge in [-0.3, -0.25) is 15.0 Å². The van der Waals surface area contributed by atoms with Gasteiger partial charge in [0.1, 0.15) is 5.82 Å². The molecule has 0 saturated carbocycles. The number of amides is 2. The lowest BCUT2D eigenvalue weighted by molar-refractivity contribution is 0.262. The number of hydrogen-bond acceptors (Lipinski definition) is 3. The van der Waals surface area contributed by atoms with Crippen LogP contribution in [0.5, 0.6) is 0 Å². The fraction of sp³-hybridized carbons (Fsp3) is 0.0714. The Bertz CT molecular complexity index is 760. The van der Waals surface area contributed by atoms with Gasteiger partial charge in [0.15, 0.2) is 0 Å². The van der Waals surface area contributed by atoms with Crippen molar-refractivity contribution in [2.45, 2.75) is 0 Å². The molecule has 0 aliphatic heterocycles. The van der Waals surface area contributed by atoms with E-state index in [0.717, 1.165) is 10.9 Å². The first-order valence-electron chi connectivity index (χ1n) is 6.14. The number of rotatable bonds is 2. The number of aromatic nitrogens is 3. The molecule has 2 N–H and O–H groups in total. The minimum Gasteiger partial charge on any atom is -0.306 e. The van der Waals surface area contributed by atoms with E-state index in [1.807, 2.05) is 30.3 Å². The Labute approximate surface area is 115 Å². The maximum atomic E-state index is 12.0. The number of nitrogens with one attached hydrogen (secondary N) is 2. The molecule has 0 aliphatic carbocycles. The average molecular weight is 267 g/mol. The molecule has 3 rings (SSSR count). The maximum Gasteiger partial charge on any atom is 0.324 e. The third kappa shape index (κ3) is 2.31. The number of aryl methyl sites for hydroxylation is 1. The van der Waals surface area contributed by atoms with E-state index in [4.69, 9.17) is 0 Å². The fourth-order valence-corrected chi connectivity index (χ4v) is 1.97. The lowest BCUT2D eigenvalue weighted by Crippen LogP contribution is -2.21. The molecule has 20 heavy (non-hydrogen) atoms. The molecule has 2 heterocycles. The first-order chi connectivity index (χ1) is 9.74. The van der Waals surface area contributed by atoms with Crippen LogP contribution in [-0.2, 0) is 7.05 Å². The molecule has 0 fully saturated rings. The molecule has 3 aromatic rings. The van der Waals surface area contributed by atoms with Crippen molar-refractivity contribution in [1.29, 1.82) is 0 Å². The van der Waals surface area contributed by atoms with Crippen molar-refractivity contribution >= 4 is 28.4 Å². The van der Waals surface area contributed by atoms with E-state index < -0.39 is 0 Å². The fourth-order valence-electron chi connectivity index (χ4n) is 1.97. The Morgan fingerprint density at radius 1 is 1.10 bits per heavy atom. The van der Waals surface area contributed by atoms with Gasteiger partial charge in [0.05, 0.1) is 17.4 Å². The van der Waals surface area contributed by atoms with Gasteiger partial charge in [-0.15, -0.1) is 0 Å². The summed E-state index contributed by atoms with van der Waals surface area (Å²) < 4.78 is 1.58. The van der Waals surface area contributed by atoms with Crippen LogP contribution in [0, 0.1) is 0 Å². The molecule has 0 radical (unpaired) electrons. The number of benzene rings is 1. The molecule has 0 bridgehead atoms. The lowest BCUT2D eigenvalue weighted by atomic mass is 10.2. The number of carbonyl (C=O) groups is 1. The molecule has 6 heteroatoms. The molecule has 0 saturated heterocycles. The van der Waals surface area contributed by atoms with Gasteiger partial charge in [-0.2, -0.15) is 5.10 Å². The van der Waals surface area contributed by atoms with E-state index in [0.29, 0.717) is 11.5 Å². The summed E-state index contributed by atoms with van der Waals surface area (Å²) in [5.74, 6) is 0.621.